The van der Waals surface area contributed by atoms with E-state index < -0.39 is 23.8 Å². The fourth-order valence-corrected chi connectivity index (χ4v) is 14.6. The molecule has 45 heavy (non-hydrogen) atoms. The average molecular weight is 728 g/mol. The Hall–Kier alpha value is -2.77. The predicted octanol–water partition coefficient (Wildman–Crippen LogP) is 8.39. The van der Waals surface area contributed by atoms with Crippen molar-refractivity contribution in [3.8, 4) is 0 Å². The zero-order valence-electron chi connectivity index (χ0n) is 25.6. The maximum absolute atomic E-state index is 2.61. The first kappa shape index (κ1) is 33.6. The van der Waals surface area contributed by atoms with Crippen molar-refractivity contribution in [3.63, 3.8) is 0 Å². The summed E-state index contributed by atoms with van der Waals surface area (Å²) in [6, 6.07) is 67.7. The molecule has 0 unspecified atom stereocenters. The molecule has 6 aromatic carbocycles. The van der Waals surface area contributed by atoms with Crippen LogP contribution in [0.3, 0.4) is 0 Å². The van der Waals surface area contributed by atoms with Gasteiger partial charge in [-0.1, -0.05) is 189 Å². The topological polar surface area (TPSA) is 0 Å². The third-order valence-electron chi connectivity index (χ3n) is 8.03. The van der Waals surface area contributed by atoms with Gasteiger partial charge in [-0.3, -0.25) is 0 Å². The monoisotopic (exact) mass is 727 g/mol. The molecular formula is C41H39P3Rh+3. The van der Waals surface area contributed by atoms with Crippen LogP contribution in [-0.2, 0) is 19.5 Å². The summed E-state index contributed by atoms with van der Waals surface area (Å²) in [6.07, 6.45) is 3.44. The zero-order valence-corrected chi connectivity index (χ0v) is 29.9. The van der Waals surface area contributed by atoms with Gasteiger partial charge in [0.25, 0.3) is 0 Å². The fraction of sp³-hybridized carbons (Fsp3) is 0.122. The van der Waals surface area contributed by atoms with Gasteiger partial charge in [0.1, 0.15) is 0 Å². The van der Waals surface area contributed by atoms with Gasteiger partial charge in [0, 0.05) is 0 Å². The van der Waals surface area contributed by atoms with Crippen LogP contribution >= 0.6 is 23.8 Å². The molecule has 0 aromatic heterocycles. The van der Waals surface area contributed by atoms with Crippen molar-refractivity contribution in [2.75, 3.05) is 18.5 Å². The van der Waals surface area contributed by atoms with Gasteiger partial charge in [-0.15, -0.1) is 0 Å². The first-order valence-electron chi connectivity index (χ1n) is 15.3. The van der Waals surface area contributed by atoms with Crippen molar-refractivity contribution in [3.05, 3.63) is 182 Å². The minimum absolute atomic E-state index is 0. The molecule has 6 rings (SSSR count). The normalized spacial score (nSPS) is 11.5. The molecule has 0 radical (unpaired) electrons. The van der Waals surface area contributed by atoms with Crippen molar-refractivity contribution in [2.24, 2.45) is 5.41 Å². The van der Waals surface area contributed by atoms with Gasteiger partial charge in [-0.2, -0.15) is 0 Å². The molecule has 0 amide bonds. The molecule has 0 heterocycles. The standard InChI is InChI=1S/C41H39P3.Rh/c1-41(32-42(35-20-8-2-9-21-35)36-22-10-3-11-23-36,33-43(37-24-12-4-13-25-37)38-26-14-5-15-27-38)34-44(39-28-16-6-17-29-39)40-30-18-7-19-31-40;/h2-31H,32-34H2,1H3;/q;+3. The van der Waals surface area contributed by atoms with Crippen LogP contribution in [0.25, 0.3) is 0 Å². The first-order valence-corrected chi connectivity index (χ1v) is 19.9. The summed E-state index contributed by atoms with van der Waals surface area (Å²) in [5.74, 6) is 0. The van der Waals surface area contributed by atoms with Gasteiger partial charge in [-0.05, 0) is 79.5 Å². The molecule has 0 N–H and O–H groups in total. The second-order valence-electron chi connectivity index (χ2n) is 11.6. The van der Waals surface area contributed by atoms with E-state index in [0.29, 0.717) is 0 Å². The Bertz CT molecular complexity index is 1360. The molecule has 0 fully saturated rings. The maximum Gasteiger partial charge on any atom is 3.00 e. The molecule has 0 spiro atoms. The van der Waals surface area contributed by atoms with Gasteiger partial charge in [0.15, 0.2) is 0 Å². The third kappa shape index (κ3) is 8.95. The van der Waals surface area contributed by atoms with E-state index >= 15 is 0 Å². The van der Waals surface area contributed by atoms with E-state index in [4.69, 9.17) is 0 Å². The quantitative estimate of drug-likeness (QED) is 0.0879. The zero-order chi connectivity index (χ0) is 30.0. The largest absolute Gasteiger partial charge is 3.00 e. The van der Waals surface area contributed by atoms with Crippen LogP contribution in [0.15, 0.2) is 182 Å². The van der Waals surface area contributed by atoms with E-state index in [9.17, 15) is 0 Å². The number of hydrogen-bond acceptors (Lipinski definition) is 0. The van der Waals surface area contributed by atoms with E-state index in [1.807, 2.05) is 0 Å². The van der Waals surface area contributed by atoms with E-state index in [-0.39, 0.29) is 24.9 Å². The number of rotatable bonds is 12. The van der Waals surface area contributed by atoms with E-state index in [1.54, 1.807) is 0 Å². The number of benzene rings is 6. The Morgan fingerprint density at radius 1 is 0.311 bits per heavy atom. The maximum atomic E-state index is 2.61. The van der Waals surface area contributed by atoms with Gasteiger partial charge in [0.2, 0.25) is 0 Å². The number of hydrogen-bond donors (Lipinski definition) is 0. The molecule has 4 heteroatoms. The fourth-order valence-electron chi connectivity index (χ4n) is 5.94. The van der Waals surface area contributed by atoms with E-state index in [0.717, 1.165) is 18.5 Å². The molecule has 6 aromatic rings. The second-order valence-corrected chi connectivity index (χ2v) is 18.2. The summed E-state index contributed by atoms with van der Waals surface area (Å²) in [6.45, 7) is 2.61. The molecule has 0 atom stereocenters. The summed E-state index contributed by atoms with van der Waals surface area (Å²) < 4.78 is 0. The van der Waals surface area contributed by atoms with Crippen molar-refractivity contribution in [2.45, 2.75) is 6.92 Å². The Kier molecular flexibility index (Phi) is 12.5. The van der Waals surface area contributed by atoms with Crippen molar-refractivity contribution in [1.82, 2.24) is 0 Å². The second kappa shape index (κ2) is 16.7. The molecule has 0 aliphatic rings. The summed E-state index contributed by atoms with van der Waals surface area (Å²) >= 11 is 0. The first-order chi connectivity index (χ1) is 21.7. The summed E-state index contributed by atoms with van der Waals surface area (Å²) in [4.78, 5) is 0. The minimum atomic E-state index is -0.555. The molecule has 0 aliphatic heterocycles. The Labute approximate surface area is 286 Å². The van der Waals surface area contributed by atoms with Crippen LogP contribution in [0.2, 0.25) is 0 Å². The van der Waals surface area contributed by atoms with Crippen LogP contribution in [0.4, 0.5) is 0 Å². The van der Waals surface area contributed by atoms with Crippen LogP contribution < -0.4 is 31.8 Å². The molecule has 0 aliphatic carbocycles. The van der Waals surface area contributed by atoms with Crippen molar-refractivity contribution >= 4 is 55.6 Å². The van der Waals surface area contributed by atoms with Crippen LogP contribution in [0.5, 0.6) is 0 Å². The van der Waals surface area contributed by atoms with Crippen molar-refractivity contribution in [1.29, 1.82) is 0 Å². The van der Waals surface area contributed by atoms with Crippen molar-refractivity contribution < 1.29 is 19.5 Å². The van der Waals surface area contributed by atoms with Crippen LogP contribution in [0.1, 0.15) is 6.92 Å². The molecular weight excluding hydrogens is 688 g/mol. The minimum Gasteiger partial charge on any atom is -0.0622 e. The molecule has 0 saturated heterocycles. The van der Waals surface area contributed by atoms with E-state index in [1.165, 1.54) is 31.8 Å². The Balaban J connectivity index is 0.00000400. The molecule has 0 bridgehead atoms. The summed E-state index contributed by atoms with van der Waals surface area (Å²) in [5.41, 5.74) is 0.0756. The Morgan fingerprint density at radius 2 is 0.467 bits per heavy atom. The summed E-state index contributed by atoms with van der Waals surface area (Å²) in [5, 5.41) is 8.79. The SMILES string of the molecule is CC(CP(c1ccccc1)c1ccccc1)(CP(c1ccccc1)c1ccccc1)CP(c1ccccc1)c1ccccc1.[Rh+3]. The van der Waals surface area contributed by atoms with E-state index in [2.05, 4.69) is 189 Å². The van der Waals surface area contributed by atoms with Gasteiger partial charge < -0.3 is 0 Å². The Morgan fingerprint density at radius 3 is 0.622 bits per heavy atom. The smallest absolute Gasteiger partial charge is 0.0622 e. The predicted molar refractivity (Wildman–Crippen MR) is 200 cm³/mol. The van der Waals surface area contributed by atoms with Crippen LogP contribution in [-0.4, -0.2) is 18.5 Å². The van der Waals surface area contributed by atoms with Crippen LogP contribution in [0, 0.1) is 5.41 Å². The molecule has 224 valence electrons. The van der Waals surface area contributed by atoms with Gasteiger partial charge in [0.05, 0.1) is 0 Å². The third-order valence-corrected chi connectivity index (χ3v) is 16.8. The molecule has 0 nitrogen and oxygen atoms in total. The van der Waals surface area contributed by atoms with Gasteiger partial charge >= 0.3 is 19.5 Å². The average Bonchev–Trinajstić information content (AvgIpc) is 3.11. The molecule has 0 saturated carbocycles. The van der Waals surface area contributed by atoms with Gasteiger partial charge in [-0.25, -0.2) is 0 Å². The summed E-state index contributed by atoms with van der Waals surface area (Å²) in [7, 11) is -1.66.